The molecule has 0 heterocycles. The zero-order valence-electron chi connectivity index (χ0n) is 19.9. The lowest BCUT2D eigenvalue weighted by atomic mass is 9.85. The third-order valence-electron chi connectivity index (χ3n) is 5.71. The summed E-state index contributed by atoms with van der Waals surface area (Å²) in [7, 11) is 1.54. The van der Waals surface area contributed by atoms with Crippen LogP contribution in [0.2, 0.25) is 5.02 Å². The van der Waals surface area contributed by atoms with E-state index < -0.39 is 11.5 Å². The van der Waals surface area contributed by atoms with Crippen molar-refractivity contribution in [2.24, 2.45) is 5.10 Å². The first-order chi connectivity index (χ1) is 17.9. The van der Waals surface area contributed by atoms with Crippen molar-refractivity contribution in [3.63, 3.8) is 0 Å². The Hall–Kier alpha value is -3.65. The number of amides is 1. The van der Waals surface area contributed by atoms with Crippen molar-refractivity contribution in [1.82, 2.24) is 5.43 Å². The van der Waals surface area contributed by atoms with Crippen molar-refractivity contribution in [2.45, 2.75) is 12.2 Å². The number of nitrogens with zero attached hydrogens (tertiary/aromatic N) is 1. The molecule has 0 aromatic heterocycles. The Balaban J connectivity index is 1.53. The average Bonchev–Trinajstić information content (AvgIpc) is 2.94. The zero-order chi connectivity index (χ0) is 26.3. The van der Waals surface area contributed by atoms with Crippen molar-refractivity contribution >= 4 is 39.7 Å². The van der Waals surface area contributed by atoms with Crippen LogP contribution in [-0.4, -0.2) is 24.3 Å². The molecule has 2 N–H and O–H groups in total. The molecule has 0 aliphatic rings. The second kappa shape index (κ2) is 12.1. The van der Waals surface area contributed by atoms with Gasteiger partial charge in [-0.25, -0.2) is 5.43 Å². The minimum Gasteiger partial charge on any atom is -0.493 e. The van der Waals surface area contributed by atoms with E-state index >= 15 is 0 Å². The van der Waals surface area contributed by atoms with E-state index in [1.165, 1.54) is 13.3 Å². The van der Waals surface area contributed by atoms with Gasteiger partial charge in [-0.3, -0.25) is 4.79 Å². The van der Waals surface area contributed by atoms with Gasteiger partial charge < -0.3 is 14.6 Å². The fourth-order valence-electron chi connectivity index (χ4n) is 3.72. The molecule has 0 unspecified atom stereocenters. The van der Waals surface area contributed by atoms with Crippen LogP contribution in [0.15, 0.2) is 107 Å². The van der Waals surface area contributed by atoms with Crippen LogP contribution in [0.1, 0.15) is 22.3 Å². The Labute approximate surface area is 228 Å². The molecular formula is C29H24BrClN2O4. The summed E-state index contributed by atoms with van der Waals surface area (Å²) in [5.74, 6) is 0.301. The van der Waals surface area contributed by atoms with Crippen LogP contribution < -0.4 is 14.9 Å². The summed E-state index contributed by atoms with van der Waals surface area (Å²) in [5, 5.41) is 16.2. The van der Waals surface area contributed by atoms with Gasteiger partial charge in [-0.2, -0.15) is 5.10 Å². The van der Waals surface area contributed by atoms with Crippen LogP contribution in [0, 0.1) is 0 Å². The number of rotatable bonds is 9. The standard InChI is InChI=1S/C29H24BrClN2O4/c1-36-26-16-21(24(30)17-27(26)37-19-20-10-8-9-15-25(20)31)18-32-33-28(34)29(35,22-11-4-2-5-12-22)23-13-6-3-7-14-23/h2-18,35H,19H2,1H3,(H,33,34)/b32-18+. The van der Waals surface area contributed by atoms with Gasteiger partial charge in [-0.15, -0.1) is 0 Å². The number of nitrogens with one attached hydrogen (secondary N) is 1. The van der Waals surface area contributed by atoms with Gasteiger partial charge in [0.1, 0.15) is 6.61 Å². The lowest BCUT2D eigenvalue weighted by Crippen LogP contribution is -2.43. The molecule has 0 fully saturated rings. The molecule has 1 amide bonds. The van der Waals surface area contributed by atoms with Gasteiger partial charge in [0.2, 0.25) is 0 Å². The largest absolute Gasteiger partial charge is 0.493 e. The third-order valence-corrected chi connectivity index (χ3v) is 6.76. The van der Waals surface area contributed by atoms with E-state index in [0.29, 0.717) is 37.7 Å². The molecule has 0 bridgehead atoms. The summed E-state index contributed by atoms with van der Waals surface area (Å²) in [6.45, 7) is 0.267. The number of ether oxygens (including phenoxy) is 2. The smallest absolute Gasteiger partial charge is 0.281 e. The van der Waals surface area contributed by atoms with Crippen molar-refractivity contribution < 1.29 is 19.4 Å². The maximum Gasteiger partial charge on any atom is 0.281 e. The Kier molecular flexibility index (Phi) is 8.61. The fraction of sp³-hybridized carbons (Fsp3) is 0.103. The second-order valence-electron chi connectivity index (χ2n) is 8.05. The Morgan fingerprint density at radius 3 is 2.16 bits per heavy atom. The molecule has 8 heteroatoms. The quantitative estimate of drug-likeness (QED) is 0.186. The Bertz CT molecular complexity index is 1360. The molecule has 0 radical (unpaired) electrons. The maximum atomic E-state index is 13.2. The first-order valence-electron chi connectivity index (χ1n) is 11.3. The summed E-state index contributed by atoms with van der Waals surface area (Å²) < 4.78 is 12.1. The summed E-state index contributed by atoms with van der Waals surface area (Å²) in [6, 6.07) is 28.4. The van der Waals surface area contributed by atoms with Gasteiger partial charge in [-0.05, 0) is 45.3 Å². The monoisotopic (exact) mass is 578 g/mol. The summed E-state index contributed by atoms with van der Waals surface area (Å²) in [5.41, 5.74) is 2.88. The predicted octanol–water partition coefficient (Wildman–Crippen LogP) is 6.08. The molecular weight excluding hydrogens is 556 g/mol. The Morgan fingerprint density at radius 2 is 1.57 bits per heavy atom. The molecule has 4 rings (SSSR count). The fourth-order valence-corrected chi connectivity index (χ4v) is 4.34. The van der Waals surface area contributed by atoms with Gasteiger partial charge in [-0.1, -0.05) is 90.5 Å². The molecule has 0 aliphatic heterocycles. The van der Waals surface area contributed by atoms with Crippen LogP contribution in [0.5, 0.6) is 11.5 Å². The summed E-state index contributed by atoms with van der Waals surface area (Å²) >= 11 is 9.74. The van der Waals surface area contributed by atoms with E-state index in [2.05, 4.69) is 26.5 Å². The molecule has 37 heavy (non-hydrogen) atoms. The highest BCUT2D eigenvalue weighted by molar-refractivity contribution is 9.10. The molecule has 0 aliphatic carbocycles. The normalized spacial score (nSPS) is 11.4. The highest BCUT2D eigenvalue weighted by Crippen LogP contribution is 2.34. The van der Waals surface area contributed by atoms with Crippen LogP contribution >= 0.6 is 27.5 Å². The molecule has 0 saturated carbocycles. The number of hydrogen-bond acceptors (Lipinski definition) is 5. The van der Waals surface area contributed by atoms with E-state index in [9.17, 15) is 9.90 Å². The molecule has 6 nitrogen and oxygen atoms in total. The van der Waals surface area contributed by atoms with Crippen LogP contribution in [0.4, 0.5) is 0 Å². The van der Waals surface area contributed by atoms with Crippen molar-refractivity contribution in [3.05, 3.63) is 129 Å². The lowest BCUT2D eigenvalue weighted by Gasteiger charge is -2.27. The number of hydrogen-bond donors (Lipinski definition) is 2. The minimum atomic E-state index is -1.93. The van der Waals surface area contributed by atoms with Gasteiger partial charge in [0.05, 0.1) is 13.3 Å². The van der Waals surface area contributed by atoms with E-state index in [-0.39, 0.29) is 6.61 Å². The minimum absolute atomic E-state index is 0.267. The topological polar surface area (TPSA) is 80.2 Å². The highest BCUT2D eigenvalue weighted by atomic mass is 79.9. The van der Waals surface area contributed by atoms with Crippen LogP contribution in [0.3, 0.4) is 0 Å². The lowest BCUT2D eigenvalue weighted by molar-refractivity contribution is -0.136. The van der Waals surface area contributed by atoms with Crippen molar-refractivity contribution in [2.75, 3.05) is 7.11 Å². The van der Waals surface area contributed by atoms with Crippen molar-refractivity contribution in [1.29, 1.82) is 0 Å². The number of hydrazone groups is 1. The number of benzene rings is 4. The highest BCUT2D eigenvalue weighted by Gasteiger charge is 2.39. The van der Waals surface area contributed by atoms with Crippen LogP contribution in [-0.2, 0) is 17.0 Å². The molecule has 0 atom stereocenters. The molecule has 188 valence electrons. The summed E-state index contributed by atoms with van der Waals surface area (Å²) in [6.07, 6.45) is 1.46. The van der Waals surface area contributed by atoms with Gasteiger partial charge >= 0.3 is 0 Å². The van der Waals surface area contributed by atoms with E-state index in [0.717, 1.165) is 5.56 Å². The van der Waals surface area contributed by atoms with E-state index in [4.69, 9.17) is 21.1 Å². The number of carbonyl (C=O) groups is 1. The molecule has 4 aromatic carbocycles. The SMILES string of the molecule is COc1cc(/C=N/NC(=O)C(O)(c2ccccc2)c2ccccc2)c(Br)cc1OCc1ccccc1Cl. The van der Waals surface area contributed by atoms with Gasteiger partial charge in [0.15, 0.2) is 17.1 Å². The first-order valence-corrected chi connectivity index (χ1v) is 12.5. The Morgan fingerprint density at radius 1 is 0.973 bits per heavy atom. The molecule has 4 aromatic rings. The van der Waals surface area contributed by atoms with E-state index in [1.54, 1.807) is 66.7 Å². The maximum absolute atomic E-state index is 13.2. The average molecular weight is 580 g/mol. The number of methoxy groups -OCH3 is 1. The zero-order valence-corrected chi connectivity index (χ0v) is 22.2. The van der Waals surface area contributed by atoms with Crippen LogP contribution in [0.25, 0.3) is 0 Å². The number of halogens is 2. The first kappa shape index (κ1) is 26.4. The predicted molar refractivity (Wildman–Crippen MR) is 148 cm³/mol. The number of carbonyl (C=O) groups excluding carboxylic acids is 1. The van der Waals surface area contributed by atoms with Crippen molar-refractivity contribution in [3.8, 4) is 11.5 Å². The second-order valence-corrected chi connectivity index (χ2v) is 9.31. The third kappa shape index (κ3) is 6.02. The molecule has 0 saturated heterocycles. The van der Waals surface area contributed by atoms with E-state index in [1.807, 2.05) is 30.3 Å². The number of aliphatic hydroxyl groups is 1. The van der Waals surface area contributed by atoms with Gasteiger partial charge in [0, 0.05) is 20.6 Å². The van der Waals surface area contributed by atoms with Gasteiger partial charge in [0.25, 0.3) is 5.91 Å². The molecule has 0 spiro atoms. The summed E-state index contributed by atoms with van der Waals surface area (Å²) in [4.78, 5) is 13.2.